The van der Waals surface area contributed by atoms with Gasteiger partial charge in [0.2, 0.25) is 5.55 Å². The van der Waals surface area contributed by atoms with Crippen LogP contribution in [-0.4, -0.2) is 4.99 Å². The van der Waals surface area contributed by atoms with Gasteiger partial charge >= 0.3 is 0 Å². The van der Waals surface area contributed by atoms with Crippen molar-refractivity contribution in [3.05, 3.63) is 71.3 Å². The van der Waals surface area contributed by atoms with E-state index in [4.69, 9.17) is 22.4 Å². The highest BCUT2D eigenvalue weighted by atomic mass is 32.1. The minimum Gasteiger partial charge on any atom is -0.438 e. The van der Waals surface area contributed by atoms with Crippen molar-refractivity contribution < 1.29 is 13.2 Å². The monoisotopic (exact) mass is 316 g/mol. The normalized spacial score (nSPS) is 11.8. The minimum absolute atomic E-state index is 0.0602. The Kier molecular flexibility index (Phi) is 3.68. The molecule has 0 fully saturated rings. The molecule has 0 bridgehead atoms. The fraction of sp³-hybridized carbons (Fsp3) is 0. The van der Waals surface area contributed by atoms with Gasteiger partial charge in [-0.25, -0.2) is 13.8 Å². The van der Waals surface area contributed by atoms with Gasteiger partial charge in [0.15, 0.2) is 0 Å². The van der Waals surface area contributed by atoms with Gasteiger partial charge in [0.25, 0.3) is 0 Å². The maximum absolute atomic E-state index is 13.3. The fourth-order valence-electron chi connectivity index (χ4n) is 2.02. The van der Waals surface area contributed by atoms with Crippen molar-refractivity contribution in [2.24, 2.45) is 10.7 Å². The Balaban J connectivity index is 2.29. The van der Waals surface area contributed by atoms with Gasteiger partial charge in [0, 0.05) is 5.39 Å². The van der Waals surface area contributed by atoms with Crippen LogP contribution in [0.15, 0.2) is 57.9 Å². The molecular formula is C16H10F2N2OS. The number of fused-ring (bicyclic) bond motifs is 1. The molecule has 2 N–H and O–H groups in total. The first-order valence-corrected chi connectivity index (χ1v) is 6.77. The second-order valence-electron chi connectivity index (χ2n) is 4.60. The Labute approximate surface area is 129 Å². The van der Waals surface area contributed by atoms with Crippen LogP contribution in [0, 0.1) is 11.6 Å². The van der Waals surface area contributed by atoms with Gasteiger partial charge < -0.3 is 10.2 Å². The maximum Gasteiger partial charge on any atom is 0.230 e. The first-order valence-electron chi connectivity index (χ1n) is 6.36. The smallest absolute Gasteiger partial charge is 0.230 e. The highest BCUT2D eigenvalue weighted by molar-refractivity contribution is 7.80. The Morgan fingerprint density at radius 1 is 1.05 bits per heavy atom. The molecule has 0 aliphatic rings. The van der Waals surface area contributed by atoms with E-state index in [1.54, 1.807) is 12.1 Å². The molecule has 0 saturated heterocycles. The van der Waals surface area contributed by atoms with E-state index in [0.29, 0.717) is 22.2 Å². The summed E-state index contributed by atoms with van der Waals surface area (Å²) in [6.45, 7) is 0. The molecule has 1 aromatic heterocycles. The summed E-state index contributed by atoms with van der Waals surface area (Å²) in [4.78, 5) is 4.29. The number of benzene rings is 2. The Morgan fingerprint density at radius 2 is 1.82 bits per heavy atom. The third-order valence-electron chi connectivity index (χ3n) is 3.01. The minimum atomic E-state index is -0.416. The second kappa shape index (κ2) is 5.65. The topological polar surface area (TPSA) is 51.5 Å². The summed E-state index contributed by atoms with van der Waals surface area (Å²) >= 11 is 4.98. The maximum atomic E-state index is 13.3. The van der Waals surface area contributed by atoms with Gasteiger partial charge in [-0.05, 0) is 42.5 Å². The summed E-state index contributed by atoms with van der Waals surface area (Å²) in [5.41, 5.74) is 6.97. The van der Waals surface area contributed by atoms with Gasteiger partial charge in [-0.3, -0.25) is 0 Å². The lowest BCUT2D eigenvalue weighted by Gasteiger charge is -2.03. The van der Waals surface area contributed by atoms with Crippen molar-refractivity contribution >= 4 is 33.9 Å². The molecule has 110 valence electrons. The molecule has 0 aliphatic heterocycles. The lowest BCUT2D eigenvalue weighted by Crippen LogP contribution is -2.20. The van der Waals surface area contributed by atoms with Crippen LogP contribution in [0.3, 0.4) is 0 Å². The third kappa shape index (κ3) is 2.87. The number of rotatable bonds is 2. The van der Waals surface area contributed by atoms with Crippen molar-refractivity contribution in [2.45, 2.75) is 0 Å². The summed E-state index contributed by atoms with van der Waals surface area (Å²) in [7, 11) is 0. The zero-order valence-corrected chi connectivity index (χ0v) is 12.0. The molecule has 0 aliphatic carbocycles. The van der Waals surface area contributed by atoms with Crippen molar-refractivity contribution in [2.75, 3.05) is 0 Å². The van der Waals surface area contributed by atoms with Gasteiger partial charge in [-0.15, -0.1) is 0 Å². The largest absolute Gasteiger partial charge is 0.438 e. The van der Waals surface area contributed by atoms with Crippen LogP contribution in [0.5, 0.6) is 0 Å². The molecule has 0 amide bonds. The molecule has 22 heavy (non-hydrogen) atoms. The molecule has 3 nitrogen and oxygen atoms in total. The quantitative estimate of drug-likeness (QED) is 0.735. The van der Waals surface area contributed by atoms with Gasteiger partial charge in [0.1, 0.15) is 22.2 Å². The lowest BCUT2D eigenvalue weighted by molar-refractivity contribution is 0.541. The van der Waals surface area contributed by atoms with Crippen LogP contribution >= 0.6 is 12.2 Å². The first-order chi connectivity index (χ1) is 10.5. The molecule has 0 spiro atoms. The second-order valence-corrected chi connectivity index (χ2v) is 5.04. The van der Waals surface area contributed by atoms with E-state index in [9.17, 15) is 8.78 Å². The summed E-state index contributed by atoms with van der Waals surface area (Å²) < 4.78 is 32.2. The van der Waals surface area contributed by atoms with E-state index >= 15 is 0 Å². The van der Waals surface area contributed by atoms with Gasteiger partial charge in [-0.2, -0.15) is 0 Å². The zero-order valence-electron chi connectivity index (χ0n) is 11.2. The standard InChI is InChI=1S/C16H10F2N2OS/c17-10-2-1-3-12(8-10)20-16-13(15(19)22)7-9-6-11(18)4-5-14(9)21-16/h1-8H,(H2,19,22). The number of nitrogens with zero attached hydrogens (tertiary/aromatic N) is 1. The Hall–Kier alpha value is -2.60. The highest BCUT2D eigenvalue weighted by Crippen LogP contribution is 2.17. The molecular weight excluding hydrogens is 306 g/mol. The van der Waals surface area contributed by atoms with Crippen molar-refractivity contribution in [1.82, 2.24) is 0 Å². The molecule has 0 saturated carbocycles. The number of nitrogens with two attached hydrogens (primary N) is 1. The number of halogens is 2. The van der Waals surface area contributed by atoms with Gasteiger partial charge in [-0.1, -0.05) is 18.3 Å². The molecule has 0 unspecified atom stereocenters. The molecule has 1 heterocycles. The van der Waals surface area contributed by atoms with Crippen molar-refractivity contribution in [3.8, 4) is 0 Å². The summed E-state index contributed by atoms with van der Waals surface area (Å²) in [5, 5.41) is 0.515. The predicted molar refractivity (Wildman–Crippen MR) is 83.7 cm³/mol. The van der Waals surface area contributed by atoms with Crippen LogP contribution in [0.2, 0.25) is 0 Å². The van der Waals surface area contributed by atoms with Crippen LogP contribution in [0.1, 0.15) is 5.56 Å². The number of hydrogen-bond donors (Lipinski definition) is 1. The van der Waals surface area contributed by atoms with E-state index in [-0.39, 0.29) is 10.5 Å². The Bertz CT molecular complexity index is 950. The van der Waals surface area contributed by atoms with E-state index < -0.39 is 11.6 Å². The van der Waals surface area contributed by atoms with E-state index in [1.807, 2.05) is 0 Å². The molecule has 6 heteroatoms. The predicted octanol–water partition coefficient (Wildman–Crippen LogP) is 3.58. The van der Waals surface area contributed by atoms with Crippen LogP contribution in [0.4, 0.5) is 14.5 Å². The highest BCUT2D eigenvalue weighted by Gasteiger charge is 2.08. The molecule has 0 radical (unpaired) electrons. The van der Waals surface area contributed by atoms with Gasteiger partial charge in [0.05, 0.1) is 11.3 Å². The van der Waals surface area contributed by atoms with E-state index in [1.165, 1.54) is 36.4 Å². The summed E-state index contributed by atoms with van der Waals surface area (Å²) in [5.74, 6) is -0.813. The van der Waals surface area contributed by atoms with E-state index in [0.717, 1.165) is 0 Å². The zero-order chi connectivity index (χ0) is 15.7. The lowest BCUT2D eigenvalue weighted by atomic mass is 10.2. The number of thiocarbonyl (C=S) groups is 1. The summed E-state index contributed by atoms with van der Waals surface area (Å²) in [6.07, 6.45) is 0. The summed E-state index contributed by atoms with van der Waals surface area (Å²) in [6, 6.07) is 11.4. The first kappa shape index (κ1) is 14.3. The average molecular weight is 316 g/mol. The van der Waals surface area contributed by atoms with Crippen LogP contribution < -0.4 is 11.3 Å². The molecule has 3 rings (SSSR count). The Morgan fingerprint density at radius 3 is 2.55 bits per heavy atom. The molecule has 0 atom stereocenters. The van der Waals surface area contributed by atoms with Crippen LogP contribution in [0.25, 0.3) is 11.0 Å². The SMILES string of the molecule is NC(=S)c1cc2cc(F)ccc2oc1=Nc1cccc(F)c1. The van der Waals surface area contributed by atoms with Crippen LogP contribution in [-0.2, 0) is 0 Å². The van der Waals surface area contributed by atoms with Crippen molar-refractivity contribution in [3.63, 3.8) is 0 Å². The average Bonchev–Trinajstić information content (AvgIpc) is 2.46. The third-order valence-corrected chi connectivity index (χ3v) is 3.23. The van der Waals surface area contributed by atoms with Crippen molar-refractivity contribution in [1.29, 1.82) is 0 Å². The number of hydrogen-bond acceptors (Lipinski definition) is 3. The molecule has 2 aromatic carbocycles. The van der Waals surface area contributed by atoms with E-state index in [2.05, 4.69) is 4.99 Å². The molecule has 3 aromatic rings. The fourth-order valence-corrected chi connectivity index (χ4v) is 2.17.